The van der Waals surface area contributed by atoms with Crippen molar-refractivity contribution in [2.45, 2.75) is 12.2 Å². The van der Waals surface area contributed by atoms with Gasteiger partial charge in [-0.25, -0.2) is 4.57 Å². The molecule has 0 heterocycles. The third kappa shape index (κ3) is 4.51. The molecule has 23 heavy (non-hydrogen) atoms. The van der Waals surface area contributed by atoms with Crippen molar-refractivity contribution in [1.82, 2.24) is 0 Å². The van der Waals surface area contributed by atoms with Crippen LogP contribution in [0, 0.1) is 5.92 Å². The van der Waals surface area contributed by atoms with Crippen LogP contribution in [0.2, 0.25) is 0 Å². The lowest BCUT2D eigenvalue weighted by atomic mass is 9.84. The maximum Gasteiger partial charge on any atom is 0.448 e. The second-order valence-electron chi connectivity index (χ2n) is 5.14. The Kier molecular flexibility index (Phi) is 4.74. The van der Waals surface area contributed by atoms with Gasteiger partial charge in [0.1, 0.15) is 17.4 Å². The third-order valence-corrected chi connectivity index (χ3v) is 3.73. The van der Waals surface area contributed by atoms with E-state index in [4.69, 9.17) is 9.79 Å². The van der Waals surface area contributed by atoms with Gasteiger partial charge in [-0.05, 0) is 29.8 Å². The Morgan fingerprint density at radius 1 is 1.13 bits per heavy atom. The minimum absolute atomic E-state index is 0.00215. The van der Waals surface area contributed by atoms with Gasteiger partial charge < -0.3 is 30.2 Å². The number of aromatic hydroxyl groups is 1. The Labute approximate surface area is 131 Å². The van der Waals surface area contributed by atoms with Crippen LogP contribution in [0.15, 0.2) is 53.0 Å². The summed E-state index contributed by atoms with van der Waals surface area (Å²) in [6, 6.07) is 5.62. The van der Waals surface area contributed by atoms with Crippen molar-refractivity contribution in [3.63, 3.8) is 0 Å². The molecule has 0 saturated heterocycles. The lowest BCUT2D eigenvalue weighted by Crippen LogP contribution is -2.45. The Balaban J connectivity index is 2.36. The van der Waals surface area contributed by atoms with E-state index in [0.29, 0.717) is 5.56 Å². The average Bonchev–Trinajstić information content (AvgIpc) is 2.39. The molecule has 124 valence electrons. The molecule has 9 heteroatoms. The van der Waals surface area contributed by atoms with Gasteiger partial charge in [0, 0.05) is 6.42 Å². The molecule has 1 aromatic carbocycles. The van der Waals surface area contributed by atoms with Crippen molar-refractivity contribution in [3.8, 4) is 5.75 Å². The maximum atomic E-state index is 11.1. The van der Waals surface area contributed by atoms with Crippen LogP contribution in [0.25, 0.3) is 0 Å². The van der Waals surface area contributed by atoms with Crippen LogP contribution >= 0.6 is 7.75 Å². The highest BCUT2D eigenvalue weighted by molar-refractivity contribution is 7.50. The molecule has 0 bridgehead atoms. The van der Waals surface area contributed by atoms with E-state index < -0.39 is 25.2 Å². The zero-order chi connectivity index (χ0) is 17.3. The van der Waals surface area contributed by atoms with E-state index >= 15 is 0 Å². The number of phenols is 1. The van der Waals surface area contributed by atoms with Crippen LogP contribution in [-0.4, -0.2) is 41.7 Å². The molecule has 1 aromatic rings. The van der Waals surface area contributed by atoms with Gasteiger partial charge in [0.2, 0.25) is 0 Å². The number of hydrogen-bond donors (Lipinski definition) is 6. The van der Waals surface area contributed by atoms with Gasteiger partial charge in [-0.1, -0.05) is 18.2 Å². The molecule has 1 unspecified atom stereocenters. The van der Waals surface area contributed by atoms with Gasteiger partial charge in [-0.2, -0.15) is 4.76 Å². The SMILES string of the molecule is O=P(O)(O)/N=C1\C=CC=C(O)C1C(O)(O)Cc1ccc(O)cc1. The first kappa shape index (κ1) is 17.4. The zero-order valence-corrected chi connectivity index (χ0v) is 12.7. The molecule has 2 rings (SSSR count). The number of aliphatic hydroxyl groups excluding tert-OH is 1. The first-order valence-electron chi connectivity index (χ1n) is 6.54. The summed E-state index contributed by atoms with van der Waals surface area (Å²) in [5.74, 6) is -4.55. The summed E-state index contributed by atoms with van der Waals surface area (Å²) in [6.45, 7) is 0. The Bertz CT molecular complexity index is 715. The first-order valence-corrected chi connectivity index (χ1v) is 8.10. The van der Waals surface area contributed by atoms with Gasteiger partial charge in [-0.15, -0.1) is 0 Å². The van der Waals surface area contributed by atoms with E-state index in [0.717, 1.165) is 0 Å². The predicted octanol–water partition coefficient (Wildman–Crippen LogP) is 0.777. The van der Waals surface area contributed by atoms with E-state index in [9.17, 15) is 25.0 Å². The van der Waals surface area contributed by atoms with Gasteiger partial charge in [0.15, 0.2) is 5.79 Å². The molecule has 0 fully saturated rings. The number of hydrogen-bond acceptors (Lipinski definition) is 5. The van der Waals surface area contributed by atoms with Crippen LogP contribution in [0.5, 0.6) is 5.75 Å². The highest BCUT2D eigenvalue weighted by Gasteiger charge is 2.42. The largest absolute Gasteiger partial charge is 0.511 e. The molecule has 0 aromatic heterocycles. The summed E-state index contributed by atoms with van der Waals surface area (Å²) < 4.78 is 14.2. The van der Waals surface area contributed by atoms with Crippen LogP contribution in [0.3, 0.4) is 0 Å². The molecular formula is C14H16NO7P. The van der Waals surface area contributed by atoms with Crippen molar-refractivity contribution in [2.75, 3.05) is 0 Å². The molecule has 6 N–H and O–H groups in total. The minimum atomic E-state index is -4.81. The summed E-state index contributed by atoms with van der Waals surface area (Å²) >= 11 is 0. The van der Waals surface area contributed by atoms with Crippen LogP contribution in [0.1, 0.15) is 5.56 Å². The zero-order valence-electron chi connectivity index (χ0n) is 11.8. The first-order chi connectivity index (χ1) is 10.6. The van der Waals surface area contributed by atoms with Crippen LogP contribution in [0.4, 0.5) is 0 Å². The van der Waals surface area contributed by atoms with Crippen molar-refractivity contribution < 1.29 is 34.8 Å². The van der Waals surface area contributed by atoms with Crippen molar-refractivity contribution >= 4 is 13.5 Å². The topological polar surface area (TPSA) is 151 Å². The van der Waals surface area contributed by atoms with E-state index in [2.05, 4.69) is 4.76 Å². The van der Waals surface area contributed by atoms with E-state index in [1.807, 2.05) is 0 Å². The Morgan fingerprint density at radius 2 is 1.74 bits per heavy atom. The molecule has 0 saturated carbocycles. The fourth-order valence-electron chi connectivity index (χ4n) is 2.32. The van der Waals surface area contributed by atoms with Crippen LogP contribution < -0.4 is 0 Å². The third-order valence-electron chi connectivity index (χ3n) is 3.23. The number of nitrogens with zero attached hydrogens (tertiary/aromatic N) is 1. The highest BCUT2D eigenvalue weighted by atomic mass is 31.2. The van der Waals surface area contributed by atoms with E-state index in [1.54, 1.807) is 0 Å². The molecule has 0 amide bonds. The molecule has 0 spiro atoms. The number of allylic oxidation sites excluding steroid dienone is 3. The van der Waals surface area contributed by atoms with Crippen LogP contribution in [-0.2, 0) is 11.0 Å². The Morgan fingerprint density at radius 3 is 2.30 bits per heavy atom. The molecule has 8 nitrogen and oxygen atoms in total. The molecule has 1 atom stereocenters. The van der Waals surface area contributed by atoms with E-state index in [1.165, 1.54) is 42.5 Å². The lowest BCUT2D eigenvalue weighted by Gasteiger charge is -2.32. The average molecular weight is 341 g/mol. The molecule has 0 aliphatic heterocycles. The molecule has 0 radical (unpaired) electrons. The van der Waals surface area contributed by atoms with Crippen molar-refractivity contribution in [3.05, 3.63) is 53.8 Å². The summed E-state index contributed by atoms with van der Waals surface area (Å²) in [7, 11) is -4.81. The molecule has 1 aliphatic carbocycles. The van der Waals surface area contributed by atoms with Gasteiger partial charge in [0.25, 0.3) is 0 Å². The van der Waals surface area contributed by atoms with Gasteiger partial charge >= 0.3 is 7.75 Å². The van der Waals surface area contributed by atoms with Gasteiger partial charge in [-0.3, -0.25) is 0 Å². The number of phenolic OH excluding ortho intramolecular Hbond substituents is 1. The van der Waals surface area contributed by atoms with Crippen molar-refractivity contribution in [1.29, 1.82) is 0 Å². The number of benzene rings is 1. The van der Waals surface area contributed by atoms with Crippen molar-refractivity contribution in [2.24, 2.45) is 10.7 Å². The smallest absolute Gasteiger partial charge is 0.448 e. The maximum absolute atomic E-state index is 11.1. The highest BCUT2D eigenvalue weighted by Crippen LogP contribution is 2.40. The predicted molar refractivity (Wildman–Crippen MR) is 81.8 cm³/mol. The van der Waals surface area contributed by atoms with E-state index in [-0.39, 0.29) is 17.9 Å². The normalized spacial score (nSPS) is 20.6. The quantitative estimate of drug-likeness (QED) is 0.350. The monoisotopic (exact) mass is 341 g/mol. The second kappa shape index (κ2) is 6.27. The number of rotatable bonds is 4. The fraction of sp³-hybridized carbons (Fsp3) is 0.214. The number of aliphatic hydroxyl groups is 3. The molecular weight excluding hydrogens is 325 g/mol. The molecule has 1 aliphatic rings. The minimum Gasteiger partial charge on any atom is -0.511 e. The van der Waals surface area contributed by atoms with Gasteiger partial charge in [0.05, 0.1) is 5.71 Å². The fourth-order valence-corrected chi connectivity index (χ4v) is 2.80. The summed E-state index contributed by atoms with van der Waals surface area (Å²) in [5.41, 5.74) is 0.0906. The standard InChI is InChI=1S/C14H16NO7P/c16-10-6-4-9(5-7-10)8-14(18,19)13-11(15-23(20,21)22)2-1-3-12(13)17/h1-7,13,16-19H,8H2,(H2,20,21,22)/b15-11+. The summed E-state index contributed by atoms with van der Waals surface area (Å²) in [4.78, 5) is 17.9. The second-order valence-corrected chi connectivity index (χ2v) is 6.37. The lowest BCUT2D eigenvalue weighted by molar-refractivity contribution is -0.179. The Hall–Kier alpha value is -1.96. The summed E-state index contributed by atoms with van der Waals surface area (Å²) in [6.07, 6.45) is 3.30. The summed E-state index contributed by atoms with van der Waals surface area (Å²) in [5, 5.41) is 39.8.